The third-order valence-electron chi connectivity index (χ3n) is 1.72. The largest absolute Gasteiger partial charge is 0.272 e. The summed E-state index contributed by atoms with van der Waals surface area (Å²) in [7, 11) is -3.50. The minimum absolute atomic E-state index is 0.272. The maximum Gasteiger partial charge on any atom is 0.272 e. The van der Waals surface area contributed by atoms with Gasteiger partial charge in [0.15, 0.2) is 0 Å². The Morgan fingerprint density at radius 3 is 2.81 bits per heavy atom. The zero-order valence-electron chi connectivity index (χ0n) is 7.92. The number of thiophene rings is 1. The Bertz CT molecular complexity index is 581. The molecule has 0 atom stereocenters. The van der Waals surface area contributed by atoms with E-state index in [9.17, 15) is 8.42 Å². The van der Waals surface area contributed by atoms with Crippen LogP contribution in [0.2, 0.25) is 0 Å². The molecule has 16 heavy (non-hydrogen) atoms. The zero-order chi connectivity index (χ0) is 11.6. The lowest BCUT2D eigenvalue weighted by Crippen LogP contribution is -2.12. The summed E-state index contributed by atoms with van der Waals surface area (Å²) in [4.78, 5) is 3.92. The lowest BCUT2D eigenvalue weighted by atomic mass is 10.5. The van der Waals surface area contributed by atoms with Crippen LogP contribution < -0.4 is 4.72 Å². The molecule has 0 fully saturated rings. The van der Waals surface area contributed by atoms with Crippen LogP contribution in [0, 0.1) is 0 Å². The van der Waals surface area contributed by atoms with E-state index < -0.39 is 10.0 Å². The number of hydrogen-bond acceptors (Lipinski definition) is 4. The normalized spacial score (nSPS) is 11.3. The predicted octanol–water partition coefficient (Wildman–Crippen LogP) is 2.71. The zero-order valence-corrected chi connectivity index (χ0v) is 11.1. The summed E-state index contributed by atoms with van der Waals surface area (Å²) in [5.74, 6) is 0.294. The molecule has 2 aromatic heterocycles. The first kappa shape index (κ1) is 11.6. The molecular formula is C9H7BrN2O2S2. The van der Waals surface area contributed by atoms with Crippen LogP contribution in [0.5, 0.6) is 0 Å². The first-order valence-electron chi connectivity index (χ1n) is 4.26. The van der Waals surface area contributed by atoms with Gasteiger partial charge in [-0.15, -0.1) is 11.3 Å². The molecular weight excluding hydrogens is 312 g/mol. The van der Waals surface area contributed by atoms with Crippen LogP contribution >= 0.6 is 27.3 Å². The van der Waals surface area contributed by atoms with Crippen LogP contribution in [-0.2, 0) is 10.0 Å². The van der Waals surface area contributed by atoms with Crippen LogP contribution in [0.1, 0.15) is 0 Å². The molecule has 0 radical (unpaired) electrons. The lowest BCUT2D eigenvalue weighted by Gasteiger charge is -2.04. The first-order chi connectivity index (χ1) is 7.58. The Kier molecular flexibility index (Phi) is 3.27. The summed E-state index contributed by atoms with van der Waals surface area (Å²) in [6.45, 7) is 0. The summed E-state index contributed by atoms with van der Waals surface area (Å²) in [5.41, 5.74) is 0. The van der Waals surface area contributed by atoms with Crippen molar-refractivity contribution in [1.29, 1.82) is 0 Å². The van der Waals surface area contributed by atoms with E-state index in [0.717, 1.165) is 15.8 Å². The highest BCUT2D eigenvalue weighted by molar-refractivity contribution is 9.10. The minimum Gasteiger partial charge on any atom is -0.263 e. The Labute approximate surface area is 106 Å². The maximum absolute atomic E-state index is 11.8. The van der Waals surface area contributed by atoms with Crippen LogP contribution in [0.25, 0.3) is 0 Å². The molecule has 0 bridgehead atoms. The van der Waals surface area contributed by atoms with Crippen molar-refractivity contribution >= 4 is 43.1 Å². The van der Waals surface area contributed by atoms with Crippen molar-refractivity contribution in [3.8, 4) is 0 Å². The first-order valence-corrected chi connectivity index (χ1v) is 7.41. The Morgan fingerprint density at radius 1 is 1.38 bits per heavy atom. The number of anilines is 1. The fraction of sp³-hybridized carbons (Fsp3) is 0. The van der Waals surface area contributed by atoms with Crippen molar-refractivity contribution < 1.29 is 8.42 Å². The highest BCUT2D eigenvalue weighted by Crippen LogP contribution is 2.20. The van der Waals surface area contributed by atoms with Crippen molar-refractivity contribution in [1.82, 2.24) is 4.98 Å². The van der Waals surface area contributed by atoms with Crippen molar-refractivity contribution in [2.45, 2.75) is 4.21 Å². The van der Waals surface area contributed by atoms with Gasteiger partial charge in [0, 0.05) is 10.7 Å². The Balaban J connectivity index is 2.29. The number of rotatable bonds is 3. The highest BCUT2D eigenvalue weighted by Gasteiger charge is 2.15. The number of aromatic nitrogens is 1. The molecule has 1 N–H and O–H groups in total. The van der Waals surface area contributed by atoms with Gasteiger partial charge < -0.3 is 0 Å². The monoisotopic (exact) mass is 318 g/mol. The molecule has 0 spiro atoms. The van der Waals surface area contributed by atoms with E-state index in [-0.39, 0.29) is 4.21 Å². The summed E-state index contributed by atoms with van der Waals surface area (Å²) >= 11 is 4.41. The molecule has 2 aromatic rings. The fourth-order valence-corrected chi connectivity index (χ4v) is 3.39. The molecule has 0 aromatic carbocycles. The topological polar surface area (TPSA) is 59.1 Å². The quantitative estimate of drug-likeness (QED) is 0.946. The van der Waals surface area contributed by atoms with E-state index in [4.69, 9.17) is 0 Å². The van der Waals surface area contributed by atoms with Crippen LogP contribution in [0.15, 0.2) is 44.5 Å². The van der Waals surface area contributed by atoms with E-state index in [0.29, 0.717) is 5.82 Å². The fourth-order valence-electron chi connectivity index (χ4n) is 1.06. The van der Waals surface area contributed by atoms with Crippen molar-refractivity contribution in [3.63, 3.8) is 0 Å². The molecule has 0 unspecified atom stereocenters. The number of nitrogens with one attached hydrogen (secondary N) is 1. The van der Waals surface area contributed by atoms with E-state index in [1.807, 2.05) is 0 Å². The van der Waals surface area contributed by atoms with Crippen molar-refractivity contribution in [2.75, 3.05) is 4.72 Å². The summed E-state index contributed by atoms with van der Waals surface area (Å²) in [5, 5.41) is 1.71. The van der Waals surface area contributed by atoms with Gasteiger partial charge in [-0.25, -0.2) is 13.4 Å². The van der Waals surface area contributed by atoms with E-state index in [1.165, 1.54) is 6.20 Å². The van der Waals surface area contributed by atoms with Gasteiger partial charge in [-0.1, -0.05) is 22.0 Å². The number of nitrogens with zero attached hydrogens (tertiary/aromatic N) is 1. The van der Waals surface area contributed by atoms with Crippen LogP contribution in [0.3, 0.4) is 0 Å². The van der Waals surface area contributed by atoms with Crippen molar-refractivity contribution in [3.05, 3.63) is 40.3 Å². The molecule has 2 rings (SSSR count). The molecule has 0 aliphatic rings. The van der Waals surface area contributed by atoms with Crippen LogP contribution in [0.4, 0.5) is 5.82 Å². The van der Waals surface area contributed by atoms with Crippen LogP contribution in [-0.4, -0.2) is 13.4 Å². The van der Waals surface area contributed by atoms with Gasteiger partial charge in [-0.2, -0.15) is 0 Å². The summed E-state index contributed by atoms with van der Waals surface area (Å²) < 4.78 is 27.1. The lowest BCUT2D eigenvalue weighted by molar-refractivity contribution is 0.603. The minimum atomic E-state index is -3.50. The second-order valence-electron chi connectivity index (χ2n) is 2.90. The molecule has 4 nitrogen and oxygen atoms in total. The highest BCUT2D eigenvalue weighted by atomic mass is 79.9. The van der Waals surface area contributed by atoms with Crippen molar-refractivity contribution in [2.24, 2.45) is 0 Å². The molecule has 0 aliphatic heterocycles. The molecule has 84 valence electrons. The molecule has 7 heteroatoms. The third-order valence-corrected chi connectivity index (χ3v) is 4.97. The summed E-state index contributed by atoms with van der Waals surface area (Å²) in [6, 6.07) is 6.56. The van der Waals surface area contributed by atoms with Gasteiger partial charge in [0.05, 0.1) is 0 Å². The second kappa shape index (κ2) is 4.52. The molecule has 0 aliphatic carbocycles. The number of halogens is 1. The standard InChI is InChI=1S/C9H7BrN2O2S2/c10-7-3-4-11-8(6-7)12-16(13,14)9-2-1-5-15-9/h1-6H,(H,11,12). The van der Waals surface area contributed by atoms with Gasteiger partial charge >= 0.3 is 0 Å². The number of hydrogen-bond donors (Lipinski definition) is 1. The second-order valence-corrected chi connectivity index (χ2v) is 6.67. The third kappa shape index (κ3) is 2.60. The van der Waals surface area contributed by atoms with E-state index in [2.05, 4.69) is 25.6 Å². The Hall–Kier alpha value is -0.920. The average Bonchev–Trinajstić information content (AvgIpc) is 2.69. The molecule has 0 saturated heterocycles. The summed E-state index contributed by atoms with van der Waals surface area (Å²) in [6.07, 6.45) is 1.52. The molecule has 0 amide bonds. The maximum atomic E-state index is 11.8. The average molecular weight is 319 g/mol. The van der Waals surface area contributed by atoms with Gasteiger partial charge in [0.1, 0.15) is 10.0 Å². The number of sulfonamides is 1. The van der Waals surface area contributed by atoms with E-state index in [1.54, 1.807) is 29.6 Å². The SMILES string of the molecule is O=S(=O)(Nc1cc(Br)ccn1)c1cccs1. The smallest absolute Gasteiger partial charge is 0.263 e. The van der Waals surface area contributed by atoms with Gasteiger partial charge in [-0.05, 0) is 23.6 Å². The Morgan fingerprint density at radius 2 is 2.19 bits per heavy atom. The number of pyridine rings is 1. The molecule has 0 saturated carbocycles. The van der Waals surface area contributed by atoms with Gasteiger partial charge in [-0.3, -0.25) is 4.72 Å². The molecule has 2 heterocycles. The van der Waals surface area contributed by atoms with E-state index >= 15 is 0 Å². The predicted molar refractivity (Wildman–Crippen MR) is 67.1 cm³/mol. The van der Waals surface area contributed by atoms with Gasteiger partial charge in [0.25, 0.3) is 10.0 Å². The van der Waals surface area contributed by atoms with Gasteiger partial charge in [0.2, 0.25) is 0 Å².